The van der Waals surface area contributed by atoms with Crippen molar-refractivity contribution in [2.24, 2.45) is 0 Å². The summed E-state index contributed by atoms with van der Waals surface area (Å²) in [6.45, 7) is 10.8. The van der Waals surface area contributed by atoms with Gasteiger partial charge in [0.2, 0.25) is 11.8 Å². The summed E-state index contributed by atoms with van der Waals surface area (Å²) in [5.41, 5.74) is -0.146. The first-order chi connectivity index (χ1) is 8.29. The fourth-order valence-electron chi connectivity index (χ4n) is 2.17. The molecule has 1 atom stereocenters. The van der Waals surface area contributed by atoms with Gasteiger partial charge in [-0.2, -0.15) is 4.98 Å². The average Bonchev–Trinajstić information content (AvgIpc) is 2.81. The van der Waals surface area contributed by atoms with Crippen molar-refractivity contribution >= 4 is 5.91 Å². The van der Waals surface area contributed by atoms with Crippen LogP contribution in [0.1, 0.15) is 64.6 Å². The van der Waals surface area contributed by atoms with Gasteiger partial charge in [0.15, 0.2) is 5.82 Å². The molecule has 0 radical (unpaired) electrons. The first kappa shape index (κ1) is 13.1. The number of rotatable bonds is 2. The zero-order chi connectivity index (χ0) is 13.5. The van der Waals surface area contributed by atoms with Gasteiger partial charge in [0.05, 0.1) is 5.92 Å². The first-order valence-corrected chi connectivity index (χ1v) is 6.43. The molecule has 5 heteroatoms. The Bertz CT molecular complexity index is 445. The van der Waals surface area contributed by atoms with Crippen molar-refractivity contribution in [1.82, 2.24) is 15.0 Å². The van der Waals surface area contributed by atoms with Gasteiger partial charge in [-0.25, -0.2) is 0 Å². The molecular weight excluding hydrogens is 230 g/mol. The molecule has 1 aliphatic heterocycles. The molecular formula is C13H21N3O2. The molecule has 0 spiro atoms. The summed E-state index contributed by atoms with van der Waals surface area (Å²) in [5, 5.41) is 3.96. The number of hydrogen-bond acceptors (Lipinski definition) is 4. The fourth-order valence-corrected chi connectivity index (χ4v) is 2.17. The van der Waals surface area contributed by atoms with E-state index in [0.29, 0.717) is 24.7 Å². The molecule has 1 saturated heterocycles. The molecule has 1 aromatic rings. The maximum absolute atomic E-state index is 12.0. The molecule has 1 amide bonds. The van der Waals surface area contributed by atoms with Gasteiger partial charge in [-0.1, -0.05) is 19.0 Å². The van der Waals surface area contributed by atoms with E-state index in [-0.39, 0.29) is 23.3 Å². The summed E-state index contributed by atoms with van der Waals surface area (Å²) in [7, 11) is 0. The Hall–Kier alpha value is -1.39. The van der Waals surface area contributed by atoms with Crippen LogP contribution in [0.3, 0.4) is 0 Å². The number of carbonyl (C=O) groups excluding carboxylic acids is 1. The number of amides is 1. The standard InChI is InChI=1S/C13H21N3O2/c1-8(2)11-14-12(18-15-11)9-6-10(17)16(7-9)13(3,4)5/h8-9H,6-7H2,1-5H3/t9-/m0/s1. The van der Waals surface area contributed by atoms with Crippen LogP contribution in [0.5, 0.6) is 0 Å². The first-order valence-electron chi connectivity index (χ1n) is 6.43. The summed E-state index contributed by atoms with van der Waals surface area (Å²) in [4.78, 5) is 18.3. The molecule has 0 unspecified atom stereocenters. The smallest absolute Gasteiger partial charge is 0.232 e. The van der Waals surface area contributed by atoms with Crippen LogP contribution in [0.15, 0.2) is 4.52 Å². The summed E-state index contributed by atoms with van der Waals surface area (Å²) in [6, 6.07) is 0. The third-order valence-corrected chi connectivity index (χ3v) is 3.26. The average molecular weight is 251 g/mol. The van der Waals surface area contributed by atoms with E-state index in [4.69, 9.17) is 4.52 Å². The zero-order valence-electron chi connectivity index (χ0n) is 11.7. The summed E-state index contributed by atoms with van der Waals surface area (Å²) in [5.74, 6) is 1.76. The Morgan fingerprint density at radius 1 is 1.39 bits per heavy atom. The van der Waals surface area contributed by atoms with Crippen LogP contribution in [0.2, 0.25) is 0 Å². The highest BCUT2D eigenvalue weighted by Crippen LogP contribution is 2.32. The number of hydrogen-bond donors (Lipinski definition) is 0. The quantitative estimate of drug-likeness (QED) is 0.809. The Morgan fingerprint density at radius 3 is 2.50 bits per heavy atom. The van der Waals surface area contributed by atoms with E-state index in [1.165, 1.54) is 0 Å². The van der Waals surface area contributed by atoms with Crippen molar-refractivity contribution < 1.29 is 9.32 Å². The molecule has 1 aliphatic rings. The van der Waals surface area contributed by atoms with Crippen molar-refractivity contribution in [2.45, 2.75) is 58.4 Å². The van der Waals surface area contributed by atoms with Crippen LogP contribution >= 0.6 is 0 Å². The van der Waals surface area contributed by atoms with E-state index in [1.54, 1.807) is 0 Å². The van der Waals surface area contributed by atoms with Gasteiger partial charge in [0, 0.05) is 24.4 Å². The number of nitrogens with zero attached hydrogens (tertiary/aromatic N) is 3. The van der Waals surface area contributed by atoms with Crippen LogP contribution in [-0.4, -0.2) is 33.0 Å². The van der Waals surface area contributed by atoms with Gasteiger partial charge in [-0.3, -0.25) is 4.79 Å². The van der Waals surface area contributed by atoms with Gasteiger partial charge in [0.1, 0.15) is 0 Å². The van der Waals surface area contributed by atoms with Crippen LogP contribution in [0, 0.1) is 0 Å². The van der Waals surface area contributed by atoms with Crippen LogP contribution < -0.4 is 0 Å². The normalized spacial score (nSPS) is 21.1. The Balaban J connectivity index is 2.14. The summed E-state index contributed by atoms with van der Waals surface area (Å²) < 4.78 is 5.28. The Labute approximate surface area is 108 Å². The SMILES string of the molecule is CC(C)c1noc([C@H]2CC(=O)N(C(C)(C)C)C2)n1. The van der Waals surface area contributed by atoms with Crippen molar-refractivity contribution in [3.8, 4) is 0 Å². The van der Waals surface area contributed by atoms with Gasteiger partial charge in [-0.15, -0.1) is 0 Å². The third-order valence-electron chi connectivity index (χ3n) is 3.26. The van der Waals surface area contributed by atoms with Gasteiger partial charge in [0.25, 0.3) is 0 Å². The van der Waals surface area contributed by atoms with E-state index in [0.717, 1.165) is 0 Å². The lowest BCUT2D eigenvalue weighted by atomic mass is 10.1. The molecule has 0 aromatic carbocycles. The van der Waals surface area contributed by atoms with E-state index < -0.39 is 0 Å². The zero-order valence-corrected chi connectivity index (χ0v) is 11.7. The Kier molecular flexibility index (Phi) is 3.17. The Morgan fingerprint density at radius 2 is 2.06 bits per heavy atom. The highest BCUT2D eigenvalue weighted by atomic mass is 16.5. The molecule has 0 saturated carbocycles. The second-order valence-corrected chi connectivity index (χ2v) is 6.22. The maximum Gasteiger partial charge on any atom is 0.232 e. The molecule has 0 bridgehead atoms. The summed E-state index contributed by atoms with van der Waals surface area (Å²) >= 11 is 0. The predicted molar refractivity (Wildman–Crippen MR) is 67.2 cm³/mol. The van der Waals surface area contributed by atoms with Gasteiger partial charge < -0.3 is 9.42 Å². The van der Waals surface area contributed by atoms with Gasteiger partial charge >= 0.3 is 0 Å². The lowest BCUT2D eigenvalue weighted by molar-refractivity contribution is -0.131. The van der Waals surface area contributed by atoms with Crippen molar-refractivity contribution in [3.05, 3.63) is 11.7 Å². The molecule has 2 heterocycles. The van der Waals surface area contributed by atoms with Crippen molar-refractivity contribution in [1.29, 1.82) is 0 Å². The molecule has 0 N–H and O–H groups in total. The highest BCUT2D eigenvalue weighted by Gasteiger charge is 2.39. The minimum Gasteiger partial charge on any atom is -0.339 e. The molecule has 1 aromatic heterocycles. The van der Waals surface area contributed by atoms with Crippen LogP contribution in [0.25, 0.3) is 0 Å². The minimum atomic E-state index is -0.146. The molecule has 2 rings (SSSR count). The van der Waals surface area contributed by atoms with E-state index in [9.17, 15) is 4.79 Å². The molecule has 0 aliphatic carbocycles. The molecule has 100 valence electrons. The van der Waals surface area contributed by atoms with E-state index in [2.05, 4.69) is 10.1 Å². The monoisotopic (exact) mass is 251 g/mol. The van der Waals surface area contributed by atoms with Gasteiger partial charge in [-0.05, 0) is 20.8 Å². The minimum absolute atomic E-state index is 0.0386. The number of likely N-dealkylation sites (tertiary alicyclic amines) is 1. The van der Waals surface area contributed by atoms with E-state index in [1.807, 2.05) is 39.5 Å². The van der Waals surface area contributed by atoms with Crippen LogP contribution in [0.4, 0.5) is 0 Å². The van der Waals surface area contributed by atoms with Crippen molar-refractivity contribution in [2.75, 3.05) is 6.54 Å². The van der Waals surface area contributed by atoms with Crippen molar-refractivity contribution in [3.63, 3.8) is 0 Å². The highest BCUT2D eigenvalue weighted by molar-refractivity contribution is 5.80. The molecule has 18 heavy (non-hydrogen) atoms. The lowest BCUT2D eigenvalue weighted by Crippen LogP contribution is -2.42. The fraction of sp³-hybridized carbons (Fsp3) is 0.769. The lowest BCUT2D eigenvalue weighted by Gasteiger charge is -2.31. The second-order valence-electron chi connectivity index (χ2n) is 6.22. The topological polar surface area (TPSA) is 59.2 Å². The van der Waals surface area contributed by atoms with Crippen LogP contribution in [-0.2, 0) is 4.79 Å². The number of aromatic nitrogens is 2. The predicted octanol–water partition coefficient (Wildman–Crippen LogP) is 2.31. The largest absolute Gasteiger partial charge is 0.339 e. The maximum atomic E-state index is 12.0. The molecule has 1 fully saturated rings. The third kappa shape index (κ3) is 2.40. The second kappa shape index (κ2) is 4.37. The van der Waals surface area contributed by atoms with E-state index >= 15 is 0 Å². The molecule has 5 nitrogen and oxygen atoms in total. The number of carbonyl (C=O) groups is 1. The summed E-state index contributed by atoms with van der Waals surface area (Å²) in [6.07, 6.45) is 0.469.